The zero-order valence-corrected chi connectivity index (χ0v) is 18.2. The van der Waals surface area contributed by atoms with Gasteiger partial charge in [-0.25, -0.2) is 0 Å². The minimum atomic E-state index is 0.368. The van der Waals surface area contributed by atoms with Crippen molar-refractivity contribution >= 4 is 11.6 Å². The fourth-order valence-electron chi connectivity index (χ4n) is 5.21. The van der Waals surface area contributed by atoms with Gasteiger partial charge in [-0.15, -0.1) is 0 Å². The van der Waals surface area contributed by atoms with E-state index >= 15 is 0 Å². The van der Waals surface area contributed by atoms with Gasteiger partial charge in [0.05, 0.1) is 0 Å². The fraction of sp³-hybridized carbons (Fsp3) is 0.708. The first kappa shape index (κ1) is 19.8. The highest BCUT2D eigenvalue weighted by molar-refractivity contribution is 5.78. The number of rotatable bonds is 5. The molecule has 0 saturated carbocycles. The third-order valence-corrected chi connectivity index (χ3v) is 7.23. The molecule has 1 aromatic carbocycles. The fourth-order valence-corrected chi connectivity index (χ4v) is 5.21. The van der Waals surface area contributed by atoms with Gasteiger partial charge in [-0.05, 0) is 69.3 Å². The Labute approximate surface area is 170 Å². The first-order valence-corrected chi connectivity index (χ1v) is 11.2. The van der Waals surface area contributed by atoms with E-state index < -0.39 is 0 Å². The summed E-state index contributed by atoms with van der Waals surface area (Å²) in [6, 6.07) is 9.66. The lowest BCUT2D eigenvalue weighted by molar-refractivity contribution is -0.146. The quantitative estimate of drug-likeness (QED) is 0.770. The van der Waals surface area contributed by atoms with Crippen LogP contribution in [0.2, 0.25) is 0 Å². The largest absolute Gasteiger partial charge is 0.370 e. The molecule has 3 saturated heterocycles. The number of hydrogen-bond acceptors (Lipinski definition) is 3. The van der Waals surface area contributed by atoms with E-state index in [2.05, 4.69) is 66.7 Å². The van der Waals surface area contributed by atoms with Crippen molar-refractivity contribution in [2.75, 3.05) is 44.2 Å². The number of carbonyl (C=O) groups is 1. The Morgan fingerprint density at radius 3 is 2.14 bits per heavy atom. The maximum atomic E-state index is 12.7. The molecule has 3 aliphatic heterocycles. The molecule has 3 fully saturated rings. The normalized spacial score (nSPS) is 22.6. The molecule has 0 bridgehead atoms. The lowest BCUT2D eigenvalue weighted by Crippen LogP contribution is -2.73. The molecule has 4 heteroatoms. The number of hydrogen-bond donors (Lipinski definition) is 0. The zero-order chi connectivity index (χ0) is 19.9. The van der Waals surface area contributed by atoms with Crippen LogP contribution in [0.1, 0.15) is 58.4 Å². The van der Waals surface area contributed by atoms with E-state index in [1.54, 1.807) is 0 Å². The minimum absolute atomic E-state index is 0.368. The van der Waals surface area contributed by atoms with Crippen LogP contribution in [0.4, 0.5) is 5.69 Å². The lowest BCUT2D eigenvalue weighted by Gasteiger charge is -2.61. The molecule has 1 aromatic rings. The van der Waals surface area contributed by atoms with Gasteiger partial charge < -0.3 is 14.7 Å². The summed E-state index contributed by atoms with van der Waals surface area (Å²) in [7, 11) is 0. The van der Waals surface area contributed by atoms with Crippen molar-refractivity contribution in [1.82, 2.24) is 9.80 Å². The van der Waals surface area contributed by atoms with Crippen LogP contribution < -0.4 is 4.90 Å². The van der Waals surface area contributed by atoms with Crippen LogP contribution in [0.25, 0.3) is 0 Å². The van der Waals surface area contributed by atoms with E-state index in [1.165, 1.54) is 24.1 Å². The van der Waals surface area contributed by atoms with Crippen molar-refractivity contribution in [2.45, 2.75) is 58.9 Å². The van der Waals surface area contributed by atoms with Crippen molar-refractivity contribution < 1.29 is 4.79 Å². The van der Waals surface area contributed by atoms with Crippen LogP contribution in [-0.4, -0.2) is 61.0 Å². The maximum Gasteiger partial charge on any atom is 0.222 e. The highest BCUT2D eigenvalue weighted by atomic mass is 16.2. The van der Waals surface area contributed by atoms with Gasteiger partial charge in [0.1, 0.15) is 0 Å². The monoisotopic (exact) mass is 383 g/mol. The van der Waals surface area contributed by atoms with Crippen molar-refractivity contribution in [1.29, 1.82) is 0 Å². The summed E-state index contributed by atoms with van der Waals surface area (Å²) >= 11 is 0. The predicted octanol–water partition coefficient (Wildman–Crippen LogP) is 3.97. The summed E-state index contributed by atoms with van der Waals surface area (Å²) < 4.78 is 0. The minimum Gasteiger partial charge on any atom is -0.370 e. The number of likely N-dealkylation sites (tertiary alicyclic amines) is 2. The molecule has 28 heavy (non-hydrogen) atoms. The molecule has 3 aliphatic rings. The molecular formula is C24H37N3O. The summed E-state index contributed by atoms with van der Waals surface area (Å²) in [5.41, 5.74) is 3.10. The van der Waals surface area contributed by atoms with E-state index in [1.807, 2.05) is 0 Å². The second-order valence-corrected chi connectivity index (χ2v) is 10.1. The molecule has 0 radical (unpaired) electrons. The molecule has 0 aromatic heterocycles. The van der Waals surface area contributed by atoms with Gasteiger partial charge in [0, 0.05) is 49.7 Å². The van der Waals surface area contributed by atoms with Crippen molar-refractivity contribution in [2.24, 2.45) is 11.3 Å². The Morgan fingerprint density at radius 2 is 1.61 bits per heavy atom. The summed E-state index contributed by atoms with van der Waals surface area (Å²) in [4.78, 5) is 19.8. The van der Waals surface area contributed by atoms with E-state index in [4.69, 9.17) is 0 Å². The van der Waals surface area contributed by atoms with Crippen LogP contribution in [-0.2, 0) is 4.79 Å². The first-order valence-electron chi connectivity index (χ1n) is 11.2. The van der Waals surface area contributed by atoms with Gasteiger partial charge >= 0.3 is 0 Å². The van der Waals surface area contributed by atoms with Crippen molar-refractivity contribution in [3.05, 3.63) is 29.8 Å². The number of amides is 1. The molecule has 0 aliphatic carbocycles. The SMILES string of the molecule is CC(C)c1ccc(N2CC3(CN(C(=O)CC4CCN(C(C)C)CC4)C3)C2)cc1. The lowest BCUT2D eigenvalue weighted by atomic mass is 9.72. The predicted molar refractivity (Wildman–Crippen MR) is 116 cm³/mol. The second kappa shape index (κ2) is 7.70. The highest BCUT2D eigenvalue weighted by Gasteiger charge is 2.53. The molecule has 0 unspecified atom stereocenters. The van der Waals surface area contributed by atoms with Gasteiger partial charge in [0.15, 0.2) is 0 Å². The number of benzene rings is 1. The van der Waals surface area contributed by atoms with Crippen LogP contribution >= 0.6 is 0 Å². The first-order chi connectivity index (χ1) is 13.3. The maximum absolute atomic E-state index is 12.7. The Kier molecular flexibility index (Phi) is 5.43. The molecule has 0 N–H and O–H groups in total. The van der Waals surface area contributed by atoms with Gasteiger partial charge in [-0.3, -0.25) is 4.79 Å². The van der Waals surface area contributed by atoms with Crippen LogP contribution in [0.15, 0.2) is 24.3 Å². The Hall–Kier alpha value is -1.55. The van der Waals surface area contributed by atoms with Crippen LogP contribution in [0, 0.1) is 11.3 Å². The van der Waals surface area contributed by atoms with Crippen LogP contribution in [0.3, 0.4) is 0 Å². The summed E-state index contributed by atoms with van der Waals surface area (Å²) in [5.74, 6) is 1.57. The number of anilines is 1. The van der Waals surface area contributed by atoms with Crippen LogP contribution in [0.5, 0.6) is 0 Å². The number of nitrogens with zero attached hydrogens (tertiary/aromatic N) is 3. The van der Waals surface area contributed by atoms with Gasteiger partial charge in [-0.1, -0.05) is 26.0 Å². The summed E-state index contributed by atoms with van der Waals surface area (Å²) in [6.07, 6.45) is 3.13. The van der Waals surface area contributed by atoms with Crippen molar-refractivity contribution in [3.63, 3.8) is 0 Å². The van der Waals surface area contributed by atoms with E-state index in [0.717, 1.165) is 45.7 Å². The molecule has 1 amide bonds. The van der Waals surface area contributed by atoms with E-state index in [0.29, 0.717) is 29.2 Å². The average Bonchev–Trinajstić information content (AvgIpc) is 2.60. The van der Waals surface area contributed by atoms with Gasteiger partial charge in [0.2, 0.25) is 5.91 Å². The molecule has 3 heterocycles. The summed E-state index contributed by atoms with van der Waals surface area (Å²) in [5, 5.41) is 0. The van der Waals surface area contributed by atoms with E-state index in [9.17, 15) is 4.79 Å². The Balaban J connectivity index is 1.20. The molecule has 0 atom stereocenters. The van der Waals surface area contributed by atoms with Gasteiger partial charge in [0.25, 0.3) is 0 Å². The summed E-state index contributed by atoms with van der Waals surface area (Å²) in [6.45, 7) is 15.5. The van der Waals surface area contributed by atoms with Gasteiger partial charge in [-0.2, -0.15) is 0 Å². The zero-order valence-electron chi connectivity index (χ0n) is 18.2. The molecule has 4 rings (SSSR count). The smallest absolute Gasteiger partial charge is 0.222 e. The molecule has 4 nitrogen and oxygen atoms in total. The number of piperidine rings is 1. The highest BCUT2D eigenvalue weighted by Crippen LogP contribution is 2.42. The molecular weight excluding hydrogens is 346 g/mol. The third kappa shape index (κ3) is 3.94. The molecule has 154 valence electrons. The Morgan fingerprint density at radius 1 is 1.00 bits per heavy atom. The third-order valence-electron chi connectivity index (χ3n) is 7.23. The number of carbonyl (C=O) groups excluding carboxylic acids is 1. The molecule has 1 spiro atoms. The van der Waals surface area contributed by atoms with Crippen molar-refractivity contribution in [3.8, 4) is 0 Å². The second-order valence-electron chi connectivity index (χ2n) is 10.1. The standard InChI is InChI=1S/C24H37N3O/c1-18(2)21-5-7-22(8-6-21)26-14-24(15-26)16-27(17-24)23(28)13-20-9-11-25(12-10-20)19(3)4/h5-8,18-20H,9-17H2,1-4H3. The van der Waals surface area contributed by atoms with E-state index in [-0.39, 0.29) is 0 Å². The average molecular weight is 384 g/mol. The Bertz CT molecular complexity index is 674. The topological polar surface area (TPSA) is 26.8 Å².